The summed E-state index contributed by atoms with van der Waals surface area (Å²) >= 11 is 0. The fourth-order valence-electron chi connectivity index (χ4n) is 4.02. The molecule has 0 heterocycles. The summed E-state index contributed by atoms with van der Waals surface area (Å²) in [6.07, 6.45) is 26.0. The van der Waals surface area contributed by atoms with Crippen LogP contribution in [0.15, 0.2) is 0 Å². The first-order valence-electron chi connectivity index (χ1n) is 12.4. The first-order chi connectivity index (χ1) is 13.1. The number of rotatable bonds is 21. The second-order valence-corrected chi connectivity index (χ2v) is 9.08. The lowest BCUT2D eigenvalue weighted by Crippen LogP contribution is -2.34. The van der Waals surface area contributed by atoms with Gasteiger partial charge in [0.15, 0.2) is 0 Å². The summed E-state index contributed by atoms with van der Waals surface area (Å²) in [6.45, 7) is 6.62. The molecule has 0 aliphatic carbocycles. The molecule has 2 heteroatoms. The molecule has 0 rings (SSSR count). The zero-order valence-corrected chi connectivity index (χ0v) is 19.1. The van der Waals surface area contributed by atoms with Crippen molar-refractivity contribution < 1.29 is 4.79 Å². The van der Waals surface area contributed by atoms with E-state index in [1.54, 1.807) is 0 Å². The molecule has 27 heavy (non-hydrogen) atoms. The quantitative estimate of drug-likeness (QED) is 0.199. The van der Waals surface area contributed by atoms with Crippen molar-refractivity contribution in [2.45, 2.75) is 149 Å². The molecule has 0 aliphatic heterocycles. The molecule has 2 nitrogen and oxygen atoms in total. The summed E-state index contributed by atoms with van der Waals surface area (Å²) in [4.78, 5) is 11.9. The van der Waals surface area contributed by atoms with Gasteiger partial charge in [-0.3, -0.25) is 4.79 Å². The second kappa shape index (κ2) is 18.8. The molecule has 0 saturated carbocycles. The lowest BCUT2D eigenvalue weighted by molar-refractivity contribution is -0.127. The van der Waals surface area contributed by atoms with Gasteiger partial charge in [-0.25, -0.2) is 0 Å². The van der Waals surface area contributed by atoms with Gasteiger partial charge in [-0.05, 0) is 12.8 Å². The fourth-order valence-corrected chi connectivity index (χ4v) is 4.02. The molecule has 1 amide bonds. The van der Waals surface area contributed by atoms with Gasteiger partial charge in [0, 0.05) is 5.41 Å². The van der Waals surface area contributed by atoms with E-state index in [9.17, 15) is 4.79 Å². The van der Waals surface area contributed by atoms with Gasteiger partial charge in [-0.15, -0.1) is 0 Å². The van der Waals surface area contributed by atoms with Crippen molar-refractivity contribution in [1.82, 2.24) is 0 Å². The maximum absolute atomic E-state index is 11.9. The molecular weight excluding hydrogens is 330 g/mol. The number of amides is 1. The van der Waals surface area contributed by atoms with Crippen LogP contribution in [0.3, 0.4) is 0 Å². The van der Waals surface area contributed by atoms with Gasteiger partial charge in [0.25, 0.3) is 0 Å². The Morgan fingerprint density at radius 2 is 0.815 bits per heavy atom. The molecule has 0 aliphatic rings. The van der Waals surface area contributed by atoms with Crippen LogP contribution in [0.2, 0.25) is 0 Å². The lowest BCUT2D eigenvalue weighted by atomic mass is 9.79. The maximum atomic E-state index is 11.9. The third-order valence-corrected chi connectivity index (χ3v) is 6.26. The molecule has 0 spiro atoms. The normalized spacial score (nSPS) is 13.6. The maximum Gasteiger partial charge on any atom is 0.223 e. The molecule has 0 bridgehead atoms. The fraction of sp³-hybridized carbons (Fsp3) is 0.960. The number of unbranched alkanes of at least 4 members (excludes halogenated alkanes) is 16. The minimum Gasteiger partial charge on any atom is -0.369 e. The topological polar surface area (TPSA) is 43.1 Å². The van der Waals surface area contributed by atoms with E-state index >= 15 is 0 Å². The Kier molecular flexibility index (Phi) is 18.4. The lowest BCUT2D eigenvalue weighted by Gasteiger charge is -2.26. The number of carbonyl (C=O) groups excluding carboxylic acids is 1. The van der Waals surface area contributed by atoms with Crippen molar-refractivity contribution in [1.29, 1.82) is 0 Å². The molecule has 1 unspecified atom stereocenters. The van der Waals surface area contributed by atoms with Crippen molar-refractivity contribution in [2.24, 2.45) is 11.1 Å². The van der Waals surface area contributed by atoms with E-state index in [0.29, 0.717) is 0 Å². The van der Waals surface area contributed by atoms with E-state index < -0.39 is 0 Å². The van der Waals surface area contributed by atoms with Crippen LogP contribution < -0.4 is 5.73 Å². The molecule has 0 radical (unpaired) electrons. The standard InChI is InChI=1S/C25H51NO/c1-4-6-8-10-12-13-14-15-16-17-19-21-23-25(3,24(26)27)22-20-18-11-9-7-5-2/h4-23H2,1-3H3,(H2,26,27). The summed E-state index contributed by atoms with van der Waals surface area (Å²) in [5, 5.41) is 0. The van der Waals surface area contributed by atoms with Gasteiger partial charge in [0.1, 0.15) is 0 Å². The second-order valence-electron chi connectivity index (χ2n) is 9.08. The SMILES string of the molecule is CCCCCCCCCCCCCCC(C)(CCCCCCCC)C(N)=O. The Morgan fingerprint density at radius 1 is 0.556 bits per heavy atom. The number of carbonyl (C=O) groups is 1. The highest BCUT2D eigenvalue weighted by Crippen LogP contribution is 2.31. The molecule has 162 valence electrons. The third-order valence-electron chi connectivity index (χ3n) is 6.26. The zero-order valence-electron chi connectivity index (χ0n) is 19.1. The molecular formula is C25H51NO. The summed E-state index contributed by atoms with van der Waals surface area (Å²) in [5.41, 5.74) is 5.46. The van der Waals surface area contributed by atoms with Gasteiger partial charge in [0.05, 0.1) is 0 Å². The van der Waals surface area contributed by atoms with Crippen LogP contribution in [0.4, 0.5) is 0 Å². The molecule has 1 atom stereocenters. The number of primary amides is 1. The van der Waals surface area contributed by atoms with Crippen molar-refractivity contribution in [3.05, 3.63) is 0 Å². The van der Waals surface area contributed by atoms with Crippen LogP contribution in [-0.2, 0) is 4.79 Å². The minimum absolute atomic E-state index is 0.0841. The van der Waals surface area contributed by atoms with E-state index in [2.05, 4.69) is 20.8 Å². The van der Waals surface area contributed by atoms with Gasteiger partial charge in [-0.2, -0.15) is 0 Å². The Bertz CT molecular complexity index is 328. The first kappa shape index (κ1) is 26.5. The number of hydrogen-bond acceptors (Lipinski definition) is 1. The monoisotopic (exact) mass is 381 g/mol. The average molecular weight is 382 g/mol. The summed E-state index contributed by atoms with van der Waals surface area (Å²) in [5.74, 6) is -0.0841. The van der Waals surface area contributed by atoms with E-state index in [1.807, 2.05) is 0 Å². The van der Waals surface area contributed by atoms with Crippen LogP contribution in [0, 0.1) is 5.41 Å². The van der Waals surface area contributed by atoms with Crippen LogP contribution in [0.25, 0.3) is 0 Å². The molecule has 0 aromatic heterocycles. The van der Waals surface area contributed by atoms with Gasteiger partial charge in [-0.1, -0.05) is 136 Å². The van der Waals surface area contributed by atoms with Crippen LogP contribution in [0.1, 0.15) is 149 Å². The van der Waals surface area contributed by atoms with Crippen molar-refractivity contribution in [2.75, 3.05) is 0 Å². The van der Waals surface area contributed by atoms with Crippen LogP contribution in [-0.4, -0.2) is 5.91 Å². The van der Waals surface area contributed by atoms with Gasteiger partial charge >= 0.3 is 0 Å². The van der Waals surface area contributed by atoms with E-state index in [-0.39, 0.29) is 11.3 Å². The van der Waals surface area contributed by atoms with Crippen LogP contribution >= 0.6 is 0 Å². The van der Waals surface area contributed by atoms with Gasteiger partial charge < -0.3 is 5.73 Å². The van der Waals surface area contributed by atoms with Crippen molar-refractivity contribution >= 4 is 5.91 Å². The molecule has 0 fully saturated rings. The highest BCUT2D eigenvalue weighted by Gasteiger charge is 2.29. The Hall–Kier alpha value is -0.530. The molecule has 0 saturated heterocycles. The summed E-state index contributed by atoms with van der Waals surface area (Å²) in [7, 11) is 0. The predicted molar refractivity (Wildman–Crippen MR) is 121 cm³/mol. The molecule has 2 N–H and O–H groups in total. The number of hydrogen-bond donors (Lipinski definition) is 1. The molecule has 0 aromatic carbocycles. The highest BCUT2D eigenvalue weighted by molar-refractivity contribution is 5.80. The Morgan fingerprint density at radius 3 is 1.07 bits per heavy atom. The van der Waals surface area contributed by atoms with Gasteiger partial charge in [0.2, 0.25) is 5.91 Å². The van der Waals surface area contributed by atoms with E-state index in [0.717, 1.165) is 25.7 Å². The van der Waals surface area contributed by atoms with Crippen molar-refractivity contribution in [3.63, 3.8) is 0 Å². The zero-order chi connectivity index (χ0) is 20.2. The largest absolute Gasteiger partial charge is 0.369 e. The summed E-state index contributed by atoms with van der Waals surface area (Å²) < 4.78 is 0. The molecule has 0 aromatic rings. The average Bonchev–Trinajstić information content (AvgIpc) is 2.65. The smallest absolute Gasteiger partial charge is 0.223 e. The number of nitrogens with two attached hydrogens (primary N) is 1. The minimum atomic E-state index is -0.275. The Labute approximate surface area is 171 Å². The van der Waals surface area contributed by atoms with Crippen molar-refractivity contribution in [3.8, 4) is 0 Å². The van der Waals surface area contributed by atoms with Crippen LogP contribution in [0.5, 0.6) is 0 Å². The van der Waals surface area contributed by atoms with E-state index in [1.165, 1.54) is 103 Å². The first-order valence-corrected chi connectivity index (χ1v) is 12.4. The third kappa shape index (κ3) is 16.2. The predicted octanol–water partition coefficient (Wildman–Crippen LogP) is 8.32. The highest BCUT2D eigenvalue weighted by atomic mass is 16.1. The summed E-state index contributed by atoms with van der Waals surface area (Å²) in [6, 6.07) is 0. The Balaban J connectivity index is 3.62. The van der Waals surface area contributed by atoms with E-state index in [4.69, 9.17) is 5.73 Å².